The first-order valence-electron chi connectivity index (χ1n) is 16.1. The van der Waals surface area contributed by atoms with Crippen molar-refractivity contribution < 1.29 is 41.7 Å². The van der Waals surface area contributed by atoms with Crippen LogP contribution >= 0.6 is 11.6 Å². The van der Waals surface area contributed by atoms with Gasteiger partial charge in [-0.25, -0.2) is 8.42 Å². The third-order valence-electron chi connectivity index (χ3n) is 8.72. The maximum absolute atomic E-state index is 12.8. The number of alkyl halides is 1. The Labute approximate surface area is 293 Å². The van der Waals surface area contributed by atoms with Crippen LogP contribution in [0.25, 0.3) is 0 Å². The molecule has 2 aromatic rings. The van der Waals surface area contributed by atoms with E-state index >= 15 is 0 Å². The topological polar surface area (TPSA) is 152 Å². The number of esters is 2. The lowest BCUT2D eigenvalue weighted by Crippen LogP contribution is -2.39. The summed E-state index contributed by atoms with van der Waals surface area (Å²) in [6, 6.07) is 7.47. The average molecular weight is 720 g/mol. The molecule has 1 aromatic carbocycles. The average Bonchev–Trinajstić information content (AvgIpc) is 3.45. The fraction of sp³-hybridized carbons (Fsp3) is 0.543. The Morgan fingerprint density at radius 1 is 1.12 bits per heavy atom. The number of ether oxygens (including phenoxy) is 3. The monoisotopic (exact) mass is 719 g/mol. The SMILES string of the molecule is C=C(CN(CCOC(=O)CCC(=O)OCC#CCOc1no[n+]([O-])c1S(=O)(=O)c1ccccc1)C(C)C)[C@@H]1CCC(C)(C)[C@H](C(=C)CCl)C1. The first-order valence-corrected chi connectivity index (χ1v) is 18.1. The first kappa shape index (κ1) is 39.6. The molecule has 14 heteroatoms. The molecule has 1 aliphatic rings. The third-order valence-corrected chi connectivity index (χ3v) is 10.8. The number of aromatic nitrogens is 2. The molecule has 49 heavy (non-hydrogen) atoms. The van der Waals surface area contributed by atoms with Crippen LogP contribution in [-0.4, -0.2) is 75.2 Å². The zero-order valence-electron chi connectivity index (χ0n) is 28.6. The Kier molecular flexibility index (Phi) is 14.7. The normalized spacial score (nSPS) is 17.2. The molecule has 1 fully saturated rings. The van der Waals surface area contributed by atoms with Crippen LogP contribution in [0.4, 0.5) is 0 Å². The lowest BCUT2D eigenvalue weighted by atomic mass is 9.62. The Hall–Kier alpha value is -3.86. The second-order valence-electron chi connectivity index (χ2n) is 12.9. The molecular weight excluding hydrogens is 674 g/mol. The molecular formula is C35H46ClN3O9S. The van der Waals surface area contributed by atoms with Crippen LogP contribution in [0, 0.1) is 34.3 Å². The van der Waals surface area contributed by atoms with Crippen molar-refractivity contribution in [3.05, 3.63) is 59.8 Å². The van der Waals surface area contributed by atoms with Crippen LogP contribution in [0.15, 0.2) is 69.2 Å². The summed E-state index contributed by atoms with van der Waals surface area (Å²) in [7, 11) is -4.26. The summed E-state index contributed by atoms with van der Waals surface area (Å²) in [5.74, 6) is 4.54. The zero-order valence-corrected chi connectivity index (χ0v) is 30.2. The van der Waals surface area contributed by atoms with Crippen LogP contribution in [-0.2, 0) is 28.9 Å². The molecule has 0 bridgehead atoms. The molecule has 0 N–H and O–H groups in total. The third kappa shape index (κ3) is 11.3. The number of carbonyl (C=O) groups excluding carboxylic acids is 2. The number of nitrogens with zero attached hydrogens (tertiary/aromatic N) is 3. The summed E-state index contributed by atoms with van der Waals surface area (Å²) < 4.78 is 45.6. The summed E-state index contributed by atoms with van der Waals surface area (Å²) in [6.45, 7) is 18.1. The van der Waals surface area contributed by atoms with Crippen molar-refractivity contribution in [3.63, 3.8) is 0 Å². The van der Waals surface area contributed by atoms with Crippen molar-refractivity contribution in [2.24, 2.45) is 17.3 Å². The van der Waals surface area contributed by atoms with E-state index in [9.17, 15) is 23.2 Å². The first-order chi connectivity index (χ1) is 23.2. The van der Waals surface area contributed by atoms with Gasteiger partial charge in [0.2, 0.25) is 0 Å². The van der Waals surface area contributed by atoms with Crippen molar-refractivity contribution in [1.82, 2.24) is 10.1 Å². The molecule has 0 spiro atoms. The lowest BCUT2D eigenvalue weighted by Gasteiger charge is -2.44. The Morgan fingerprint density at radius 2 is 1.78 bits per heavy atom. The van der Waals surface area contributed by atoms with Crippen LogP contribution in [0.2, 0.25) is 0 Å². The molecule has 0 amide bonds. The lowest BCUT2D eigenvalue weighted by molar-refractivity contribution is -0.832. The highest BCUT2D eigenvalue weighted by Gasteiger charge is 2.39. The van der Waals surface area contributed by atoms with Gasteiger partial charge in [-0.1, -0.05) is 68.2 Å². The van der Waals surface area contributed by atoms with Crippen molar-refractivity contribution in [3.8, 4) is 17.7 Å². The molecule has 1 aromatic heterocycles. The minimum absolute atomic E-state index is 0.142. The van der Waals surface area contributed by atoms with E-state index in [0.29, 0.717) is 30.8 Å². The van der Waals surface area contributed by atoms with E-state index in [1.807, 2.05) is 0 Å². The summed E-state index contributed by atoms with van der Waals surface area (Å²) in [6.07, 6.45) is 2.81. The highest BCUT2D eigenvalue weighted by molar-refractivity contribution is 7.91. The number of halogens is 1. The van der Waals surface area contributed by atoms with E-state index < -0.39 is 32.7 Å². The van der Waals surface area contributed by atoms with E-state index in [-0.39, 0.29) is 53.9 Å². The van der Waals surface area contributed by atoms with Gasteiger partial charge in [-0.15, -0.1) is 11.6 Å². The smallest absolute Gasteiger partial charge is 0.415 e. The number of sulfone groups is 1. The number of benzene rings is 1. The zero-order chi connectivity index (χ0) is 36.2. The Balaban J connectivity index is 1.35. The van der Waals surface area contributed by atoms with Gasteiger partial charge in [0, 0.05) is 25.0 Å². The minimum atomic E-state index is -4.26. The summed E-state index contributed by atoms with van der Waals surface area (Å²) in [5, 5.41) is 14.5. The van der Waals surface area contributed by atoms with E-state index in [1.165, 1.54) is 24.3 Å². The van der Waals surface area contributed by atoms with Gasteiger partial charge in [0.15, 0.2) is 13.2 Å². The summed E-state index contributed by atoms with van der Waals surface area (Å²) in [5.41, 5.74) is 2.40. The van der Waals surface area contributed by atoms with Crippen LogP contribution in [0.1, 0.15) is 59.8 Å². The predicted molar refractivity (Wildman–Crippen MR) is 182 cm³/mol. The second kappa shape index (κ2) is 18.2. The second-order valence-corrected chi connectivity index (χ2v) is 15.0. The summed E-state index contributed by atoms with van der Waals surface area (Å²) in [4.78, 5) is 26.2. The number of carbonyl (C=O) groups is 2. The molecule has 268 valence electrons. The van der Waals surface area contributed by atoms with E-state index in [4.69, 9.17) is 25.8 Å². The largest absolute Gasteiger partial charge is 0.464 e. The van der Waals surface area contributed by atoms with Crippen molar-refractivity contribution in [2.75, 3.05) is 38.8 Å². The molecule has 3 rings (SSSR count). The minimum Gasteiger partial charge on any atom is -0.464 e. The fourth-order valence-corrected chi connectivity index (χ4v) is 7.20. The van der Waals surface area contributed by atoms with Crippen LogP contribution in [0.5, 0.6) is 5.88 Å². The summed E-state index contributed by atoms with van der Waals surface area (Å²) >= 11 is 6.14. The molecule has 12 nitrogen and oxygen atoms in total. The van der Waals surface area contributed by atoms with Crippen molar-refractivity contribution in [1.29, 1.82) is 0 Å². The van der Waals surface area contributed by atoms with Crippen molar-refractivity contribution in [2.45, 2.75) is 75.8 Å². The number of hydrogen-bond acceptors (Lipinski definition) is 11. The molecule has 1 aliphatic carbocycles. The maximum atomic E-state index is 12.8. The van der Waals surface area contributed by atoms with E-state index in [2.05, 4.69) is 67.4 Å². The van der Waals surface area contributed by atoms with Gasteiger partial charge < -0.3 is 19.4 Å². The fourth-order valence-electron chi connectivity index (χ4n) is 5.72. The van der Waals surface area contributed by atoms with Gasteiger partial charge in [0.1, 0.15) is 6.61 Å². The molecule has 0 radical (unpaired) electrons. The molecule has 1 saturated carbocycles. The molecule has 1 heterocycles. The van der Waals surface area contributed by atoms with Gasteiger partial charge >= 0.3 is 22.8 Å². The molecule has 0 aliphatic heterocycles. The predicted octanol–water partition coefficient (Wildman–Crippen LogP) is 4.89. The molecule has 0 unspecified atom stereocenters. The Morgan fingerprint density at radius 3 is 2.43 bits per heavy atom. The van der Waals surface area contributed by atoms with Gasteiger partial charge in [-0.2, -0.15) is 0 Å². The molecule has 0 saturated heterocycles. The number of allylic oxidation sites excluding steroid dienone is 1. The van der Waals surface area contributed by atoms with Gasteiger partial charge in [0.25, 0.3) is 9.84 Å². The number of rotatable bonds is 17. The molecule has 2 atom stereocenters. The van der Waals surface area contributed by atoms with Gasteiger partial charge in [-0.05, 0) is 67.4 Å². The van der Waals surface area contributed by atoms with E-state index in [1.54, 1.807) is 6.07 Å². The van der Waals surface area contributed by atoms with E-state index in [0.717, 1.165) is 30.4 Å². The quantitative estimate of drug-likeness (QED) is 0.0722. The maximum Gasteiger partial charge on any atom is 0.415 e. The van der Waals surface area contributed by atoms with Gasteiger partial charge in [-0.3, -0.25) is 19.1 Å². The Bertz CT molecular complexity index is 1630. The number of hydrogen-bond donors (Lipinski definition) is 0. The highest BCUT2D eigenvalue weighted by atomic mass is 35.5. The van der Waals surface area contributed by atoms with Crippen LogP contribution in [0.3, 0.4) is 0 Å². The van der Waals surface area contributed by atoms with Gasteiger partial charge in [0.05, 0.1) is 22.9 Å². The highest BCUT2D eigenvalue weighted by Crippen LogP contribution is 2.48. The standard InChI is InChI=1S/C35H46ClN3O9S/c1-25(2)38(24-27(4)28-16-17-35(5,6)30(22-28)26(3)23-36)18-21-46-32(41)15-14-31(40)45-19-10-11-20-47-33-34(39(42)48-37-33)49(43,44)29-12-8-7-9-13-29/h7-9,12-13,25,28,30H,3-4,14-24H2,1-2,5-6H3/t28-,30+/m1/s1. The van der Waals surface area contributed by atoms with Crippen LogP contribution < -0.4 is 9.64 Å². The van der Waals surface area contributed by atoms with Crippen molar-refractivity contribution >= 4 is 33.4 Å².